The molecule has 0 amide bonds. The lowest BCUT2D eigenvalue weighted by Gasteiger charge is -2.21. The first kappa shape index (κ1) is 16.3. The zero-order chi connectivity index (χ0) is 15.2. The third-order valence-corrected chi connectivity index (χ3v) is 4.90. The van der Waals surface area contributed by atoms with E-state index in [1.165, 1.54) is 10.5 Å². The molecule has 112 valence electrons. The van der Waals surface area contributed by atoms with Crippen LogP contribution in [0.2, 0.25) is 0 Å². The zero-order valence-corrected chi connectivity index (χ0v) is 14.7. The van der Waals surface area contributed by atoms with Gasteiger partial charge in [0.1, 0.15) is 5.82 Å². The highest BCUT2D eigenvalue weighted by molar-refractivity contribution is 9.10. The molecule has 1 atom stereocenters. The zero-order valence-electron chi connectivity index (χ0n) is 12.3. The average Bonchev–Trinajstić information content (AvgIpc) is 2.46. The molecule has 0 saturated carbocycles. The Bertz CT molecular complexity index is 566. The van der Waals surface area contributed by atoms with Gasteiger partial charge in [-0.3, -0.25) is 0 Å². The summed E-state index contributed by atoms with van der Waals surface area (Å²) in [5.74, 6) is 1.55. The Balaban J connectivity index is 2.14. The van der Waals surface area contributed by atoms with Crippen LogP contribution in [-0.4, -0.2) is 17.3 Å². The second-order valence-electron chi connectivity index (χ2n) is 4.80. The Hall–Kier alpha value is -1.04. The molecule has 3 N–H and O–H groups in total. The topological polar surface area (TPSA) is 50.9 Å². The van der Waals surface area contributed by atoms with Crippen LogP contribution < -0.4 is 11.1 Å². The fraction of sp³-hybridized carbons (Fsp3) is 0.312. The molecule has 0 spiro atoms. The van der Waals surface area contributed by atoms with Gasteiger partial charge in [0.15, 0.2) is 0 Å². The second kappa shape index (κ2) is 7.82. The normalized spacial score (nSPS) is 12.3. The Kier molecular flexibility index (Phi) is 6.08. The van der Waals surface area contributed by atoms with E-state index < -0.39 is 0 Å². The van der Waals surface area contributed by atoms with Crippen LogP contribution in [0.3, 0.4) is 0 Å². The van der Waals surface area contributed by atoms with E-state index in [9.17, 15) is 0 Å². The molecular formula is C16H20BrN3S. The summed E-state index contributed by atoms with van der Waals surface area (Å²) in [7, 11) is 0. The van der Waals surface area contributed by atoms with Crippen molar-refractivity contribution in [2.45, 2.75) is 24.8 Å². The van der Waals surface area contributed by atoms with Gasteiger partial charge in [-0.15, -0.1) is 11.8 Å². The summed E-state index contributed by atoms with van der Waals surface area (Å²) in [6.07, 6.45) is 1.76. The molecular weight excluding hydrogens is 346 g/mol. The summed E-state index contributed by atoms with van der Waals surface area (Å²) < 4.78 is 1.10. The Labute approximate surface area is 138 Å². The number of hydrogen-bond donors (Lipinski definition) is 2. The molecule has 1 heterocycles. The predicted molar refractivity (Wildman–Crippen MR) is 94.7 cm³/mol. The van der Waals surface area contributed by atoms with Crippen LogP contribution in [0, 0.1) is 6.92 Å². The fourth-order valence-corrected chi connectivity index (χ4v) is 3.48. The molecule has 1 aromatic heterocycles. The minimum absolute atomic E-state index is 0.206. The third-order valence-electron chi connectivity index (χ3n) is 3.27. The maximum atomic E-state index is 6.07. The van der Waals surface area contributed by atoms with E-state index >= 15 is 0 Å². The summed E-state index contributed by atoms with van der Waals surface area (Å²) in [6.45, 7) is 5.10. The molecule has 21 heavy (non-hydrogen) atoms. The van der Waals surface area contributed by atoms with Crippen molar-refractivity contribution in [1.82, 2.24) is 10.3 Å². The number of pyridine rings is 1. The standard InChI is InChI=1S/C16H20BrN3S/c1-3-19-14(15-11(2)8-9-20-16(15)18)10-21-13-6-4-12(17)5-7-13/h4-9,14,19H,3,10H2,1-2H3,(H2,18,20). The number of nitrogens with one attached hydrogen (secondary N) is 1. The van der Waals surface area contributed by atoms with Gasteiger partial charge >= 0.3 is 0 Å². The van der Waals surface area contributed by atoms with Crippen molar-refractivity contribution in [3.8, 4) is 0 Å². The first-order chi connectivity index (χ1) is 10.1. The molecule has 1 aromatic carbocycles. The second-order valence-corrected chi connectivity index (χ2v) is 6.81. The molecule has 0 aliphatic heterocycles. The van der Waals surface area contributed by atoms with Gasteiger partial charge in [0.05, 0.1) is 0 Å². The molecule has 5 heteroatoms. The highest BCUT2D eigenvalue weighted by atomic mass is 79.9. The molecule has 0 aliphatic rings. The maximum Gasteiger partial charge on any atom is 0.128 e. The van der Waals surface area contributed by atoms with Gasteiger partial charge in [-0.05, 0) is 49.4 Å². The first-order valence-corrected chi connectivity index (χ1v) is 8.72. The van der Waals surface area contributed by atoms with Crippen LogP contribution in [0.15, 0.2) is 45.9 Å². The molecule has 0 fully saturated rings. The van der Waals surface area contributed by atoms with Crippen LogP contribution in [-0.2, 0) is 0 Å². The number of rotatable bonds is 6. The number of aryl methyl sites for hydroxylation is 1. The van der Waals surface area contributed by atoms with Crippen molar-refractivity contribution in [2.75, 3.05) is 18.0 Å². The van der Waals surface area contributed by atoms with Crippen molar-refractivity contribution in [3.05, 3.63) is 52.1 Å². The van der Waals surface area contributed by atoms with E-state index in [1.807, 2.05) is 17.8 Å². The van der Waals surface area contributed by atoms with E-state index in [0.29, 0.717) is 5.82 Å². The number of halogens is 1. The predicted octanol–water partition coefficient (Wildman–Crippen LogP) is 4.18. The SMILES string of the molecule is CCNC(CSc1ccc(Br)cc1)c1c(C)ccnc1N. The summed E-state index contributed by atoms with van der Waals surface area (Å²) in [4.78, 5) is 5.48. The van der Waals surface area contributed by atoms with E-state index in [2.05, 4.69) is 64.3 Å². The van der Waals surface area contributed by atoms with Gasteiger partial charge in [-0.1, -0.05) is 22.9 Å². The minimum atomic E-state index is 0.206. The van der Waals surface area contributed by atoms with Crippen molar-refractivity contribution in [2.24, 2.45) is 0 Å². The summed E-state index contributed by atoms with van der Waals surface area (Å²) >= 11 is 5.28. The minimum Gasteiger partial charge on any atom is -0.383 e. The number of aromatic nitrogens is 1. The molecule has 2 rings (SSSR count). The molecule has 2 aromatic rings. The van der Waals surface area contributed by atoms with E-state index in [-0.39, 0.29) is 6.04 Å². The highest BCUT2D eigenvalue weighted by Gasteiger charge is 2.17. The summed E-state index contributed by atoms with van der Waals surface area (Å²) in [6, 6.07) is 10.6. The quantitative estimate of drug-likeness (QED) is 0.753. The van der Waals surface area contributed by atoms with Gasteiger partial charge in [0, 0.05) is 32.9 Å². The average molecular weight is 366 g/mol. The number of nitrogens with zero attached hydrogens (tertiary/aromatic N) is 1. The van der Waals surface area contributed by atoms with Crippen molar-refractivity contribution < 1.29 is 0 Å². The first-order valence-electron chi connectivity index (χ1n) is 6.94. The monoisotopic (exact) mass is 365 g/mol. The van der Waals surface area contributed by atoms with Gasteiger partial charge in [0.25, 0.3) is 0 Å². The van der Waals surface area contributed by atoms with Crippen molar-refractivity contribution in [1.29, 1.82) is 0 Å². The van der Waals surface area contributed by atoms with Crippen LogP contribution in [0.5, 0.6) is 0 Å². The number of thioether (sulfide) groups is 1. The summed E-state index contributed by atoms with van der Waals surface area (Å²) in [5, 5.41) is 3.51. The number of hydrogen-bond acceptors (Lipinski definition) is 4. The van der Waals surface area contributed by atoms with Gasteiger partial charge in [-0.25, -0.2) is 4.98 Å². The van der Waals surface area contributed by atoms with Crippen LogP contribution in [0.1, 0.15) is 24.1 Å². The number of benzene rings is 1. The lowest BCUT2D eigenvalue weighted by atomic mass is 10.0. The van der Waals surface area contributed by atoms with E-state index in [1.54, 1.807) is 6.20 Å². The summed E-state index contributed by atoms with van der Waals surface area (Å²) in [5.41, 5.74) is 8.37. The fourth-order valence-electron chi connectivity index (χ4n) is 2.25. The van der Waals surface area contributed by atoms with Gasteiger partial charge in [0.2, 0.25) is 0 Å². The van der Waals surface area contributed by atoms with Crippen LogP contribution >= 0.6 is 27.7 Å². The molecule has 0 saturated heterocycles. The lowest BCUT2D eigenvalue weighted by Crippen LogP contribution is -2.25. The largest absolute Gasteiger partial charge is 0.383 e. The molecule has 1 unspecified atom stereocenters. The maximum absolute atomic E-state index is 6.07. The smallest absolute Gasteiger partial charge is 0.128 e. The van der Waals surface area contributed by atoms with Crippen molar-refractivity contribution in [3.63, 3.8) is 0 Å². The van der Waals surface area contributed by atoms with E-state index in [0.717, 1.165) is 22.3 Å². The molecule has 0 radical (unpaired) electrons. The van der Waals surface area contributed by atoms with E-state index in [4.69, 9.17) is 5.73 Å². The van der Waals surface area contributed by atoms with Gasteiger partial charge < -0.3 is 11.1 Å². The third kappa shape index (κ3) is 4.46. The van der Waals surface area contributed by atoms with Gasteiger partial charge in [-0.2, -0.15) is 0 Å². The Morgan fingerprint density at radius 1 is 1.29 bits per heavy atom. The number of anilines is 1. The number of nitrogens with two attached hydrogens (primary N) is 1. The Morgan fingerprint density at radius 2 is 2.00 bits per heavy atom. The number of nitrogen functional groups attached to an aromatic ring is 1. The van der Waals surface area contributed by atoms with Crippen LogP contribution in [0.4, 0.5) is 5.82 Å². The molecule has 0 aliphatic carbocycles. The van der Waals surface area contributed by atoms with Crippen molar-refractivity contribution >= 4 is 33.5 Å². The molecule has 3 nitrogen and oxygen atoms in total. The Morgan fingerprint density at radius 3 is 2.62 bits per heavy atom. The highest BCUT2D eigenvalue weighted by Crippen LogP contribution is 2.29. The molecule has 0 bridgehead atoms. The van der Waals surface area contributed by atoms with Crippen LogP contribution in [0.25, 0.3) is 0 Å². The lowest BCUT2D eigenvalue weighted by molar-refractivity contribution is 0.603.